The zero-order valence-corrected chi connectivity index (χ0v) is 12.6. The van der Waals surface area contributed by atoms with Crippen molar-refractivity contribution in [3.63, 3.8) is 0 Å². The van der Waals surface area contributed by atoms with Crippen molar-refractivity contribution in [1.29, 1.82) is 0 Å². The number of benzene rings is 1. The molecular formula is C13H21FN2O2S. The van der Waals surface area contributed by atoms with Gasteiger partial charge in [0.2, 0.25) is 0 Å². The van der Waals surface area contributed by atoms with Crippen LogP contribution in [0.4, 0.5) is 10.1 Å². The quantitative estimate of drug-likeness (QED) is 0.863. The molecule has 0 heterocycles. The highest BCUT2D eigenvalue weighted by atomic mass is 32.2. The van der Waals surface area contributed by atoms with Crippen LogP contribution in [0.15, 0.2) is 18.2 Å². The van der Waals surface area contributed by atoms with E-state index in [4.69, 9.17) is 0 Å². The van der Waals surface area contributed by atoms with E-state index in [2.05, 4.69) is 5.32 Å². The topological polar surface area (TPSA) is 49.4 Å². The van der Waals surface area contributed by atoms with Gasteiger partial charge in [0.15, 0.2) is 0 Å². The zero-order chi connectivity index (χ0) is 14.6. The van der Waals surface area contributed by atoms with Crippen LogP contribution in [-0.2, 0) is 9.84 Å². The van der Waals surface area contributed by atoms with Crippen LogP contribution in [0.1, 0.15) is 18.5 Å². The number of anilines is 1. The Labute approximate surface area is 114 Å². The molecule has 0 aliphatic carbocycles. The summed E-state index contributed by atoms with van der Waals surface area (Å²) < 4.78 is 35.7. The van der Waals surface area contributed by atoms with Crippen molar-refractivity contribution in [3.05, 3.63) is 29.6 Å². The normalized spacial score (nSPS) is 13.3. The van der Waals surface area contributed by atoms with Gasteiger partial charge in [-0.25, -0.2) is 12.8 Å². The summed E-state index contributed by atoms with van der Waals surface area (Å²) in [6.07, 6.45) is 1.21. The minimum Gasteiger partial charge on any atom is -0.373 e. The smallest absolute Gasteiger partial charge is 0.149 e. The number of halogens is 1. The number of nitrogens with one attached hydrogen (secondary N) is 1. The summed E-state index contributed by atoms with van der Waals surface area (Å²) in [6, 6.07) is 4.54. The van der Waals surface area contributed by atoms with Crippen LogP contribution in [0.25, 0.3) is 0 Å². The molecule has 0 saturated heterocycles. The maximum Gasteiger partial charge on any atom is 0.149 e. The third kappa shape index (κ3) is 4.80. The first-order valence-electron chi connectivity index (χ1n) is 6.10. The van der Waals surface area contributed by atoms with Crippen molar-refractivity contribution in [2.45, 2.75) is 13.0 Å². The molecule has 1 N–H and O–H groups in total. The summed E-state index contributed by atoms with van der Waals surface area (Å²) in [5.41, 5.74) is 1.66. The van der Waals surface area contributed by atoms with Crippen LogP contribution in [0.2, 0.25) is 0 Å². The summed E-state index contributed by atoms with van der Waals surface area (Å²) in [6.45, 7) is 2.32. The van der Waals surface area contributed by atoms with E-state index in [9.17, 15) is 12.8 Å². The summed E-state index contributed by atoms with van der Waals surface area (Å²) in [7, 11) is 0.606. The van der Waals surface area contributed by atoms with Gasteiger partial charge in [0.25, 0.3) is 0 Å². The lowest BCUT2D eigenvalue weighted by Crippen LogP contribution is -2.27. The van der Waals surface area contributed by atoms with Crippen LogP contribution in [-0.4, -0.2) is 41.1 Å². The molecule has 6 heteroatoms. The summed E-state index contributed by atoms with van der Waals surface area (Å²) in [5.74, 6) is -0.216. The maximum atomic E-state index is 13.3. The molecule has 19 heavy (non-hydrogen) atoms. The van der Waals surface area contributed by atoms with Crippen LogP contribution < -0.4 is 10.2 Å². The van der Waals surface area contributed by atoms with E-state index < -0.39 is 9.84 Å². The number of hydrogen-bond acceptors (Lipinski definition) is 4. The summed E-state index contributed by atoms with van der Waals surface area (Å²) >= 11 is 0. The fourth-order valence-corrected chi connectivity index (χ4v) is 2.40. The standard InChI is InChI=1S/C13H21FN2O2S/c1-10(15-2)12-9-11(14)5-6-13(12)16(3)7-8-19(4,17)18/h5-6,9-10,15H,7-8H2,1-4H3. The molecule has 108 valence electrons. The fourth-order valence-electron chi connectivity index (χ4n) is 1.80. The average Bonchev–Trinajstić information content (AvgIpc) is 2.34. The Bertz CT molecular complexity index is 531. The van der Waals surface area contributed by atoms with Crippen LogP contribution in [0.5, 0.6) is 0 Å². The molecule has 0 aromatic heterocycles. The van der Waals surface area contributed by atoms with E-state index >= 15 is 0 Å². The highest BCUT2D eigenvalue weighted by Crippen LogP contribution is 2.26. The third-order valence-electron chi connectivity index (χ3n) is 3.10. The number of nitrogens with zero attached hydrogens (tertiary/aromatic N) is 1. The number of sulfone groups is 1. The van der Waals surface area contributed by atoms with Crippen molar-refractivity contribution < 1.29 is 12.8 Å². The SMILES string of the molecule is CNC(C)c1cc(F)ccc1N(C)CCS(C)(=O)=O. The van der Waals surface area contributed by atoms with Gasteiger partial charge in [-0.3, -0.25) is 0 Å². The van der Waals surface area contributed by atoms with Crippen molar-refractivity contribution >= 4 is 15.5 Å². The van der Waals surface area contributed by atoms with Gasteiger partial charge in [0.1, 0.15) is 15.7 Å². The Morgan fingerprint density at radius 1 is 1.42 bits per heavy atom. The second-order valence-corrected chi connectivity index (χ2v) is 7.02. The molecule has 0 fully saturated rings. The maximum absolute atomic E-state index is 13.3. The van der Waals surface area contributed by atoms with Gasteiger partial charge in [-0.15, -0.1) is 0 Å². The molecule has 0 radical (unpaired) electrons. The molecule has 0 spiro atoms. The van der Waals surface area contributed by atoms with E-state index in [1.54, 1.807) is 13.1 Å². The largest absolute Gasteiger partial charge is 0.373 e. The molecular weight excluding hydrogens is 267 g/mol. The van der Waals surface area contributed by atoms with Crippen molar-refractivity contribution in [1.82, 2.24) is 5.32 Å². The molecule has 1 rings (SSSR count). The molecule has 1 atom stereocenters. The molecule has 0 aliphatic heterocycles. The van der Waals surface area contributed by atoms with Gasteiger partial charge in [0.05, 0.1) is 5.75 Å². The Balaban J connectivity index is 2.98. The minimum atomic E-state index is -3.01. The van der Waals surface area contributed by atoms with Crippen LogP contribution >= 0.6 is 0 Å². The van der Waals surface area contributed by atoms with Crippen molar-refractivity contribution in [2.24, 2.45) is 0 Å². The first-order valence-corrected chi connectivity index (χ1v) is 8.16. The highest BCUT2D eigenvalue weighted by molar-refractivity contribution is 7.90. The average molecular weight is 288 g/mol. The Kier molecular flexibility index (Phi) is 5.31. The van der Waals surface area contributed by atoms with E-state index in [0.29, 0.717) is 6.54 Å². The lowest BCUT2D eigenvalue weighted by atomic mass is 10.1. The molecule has 0 aliphatic rings. The first-order chi connectivity index (χ1) is 8.74. The van der Waals surface area contributed by atoms with Crippen molar-refractivity contribution in [2.75, 3.05) is 37.5 Å². The Morgan fingerprint density at radius 3 is 2.58 bits per heavy atom. The Morgan fingerprint density at radius 2 is 2.05 bits per heavy atom. The van der Waals surface area contributed by atoms with E-state index in [1.807, 2.05) is 18.9 Å². The number of rotatable bonds is 6. The van der Waals surface area contributed by atoms with Crippen LogP contribution in [0, 0.1) is 5.82 Å². The van der Waals surface area contributed by atoms with Crippen LogP contribution in [0.3, 0.4) is 0 Å². The predicted molar refractivity (Wildman–Crippen MR) is 76.9 cm³/mol. The van der Waals surface area contributed by atoms with Gasteiger partial charge in [-0.05, 0) is 37.7 Å². The highest BCUT2D eigenvalue weighted by Gasteiger charge is 2.14. The van der Waals surface area contributed by atoms with Gasteiger partial charge in [-0.2, -0.15) is 0 Å². The summed E-state index contributed by atoms with van der Waals surface area (Å²) in [4.78, 5) is 1.84. The second-order valence-electron chi connectivity index (χ2n) is 4.76. The third-order valence-corrected chi connectivity index (χ3v) is 4.02. The molecule has 1 aromatic carbocycles. The van der Waals surface area contributed by atoms with E-state index in [-0.39, 0.29) is 17.6 Å². The van der Waals surface area contributed by atoms with Crippen molar-refractivity contribution in [3.8, 4) is 0 Å². The second kappa shape index (κ2) is 6.34. The first kappa shape index (κ1) is 15.9. The molecule has 0 saturated carbocycles. The Hall–Kier alpha value is -1.14. The molecule has 4 nitrogen and oxygen atoms in total. The number of hydrogen-bond donors (Lipinski definition) is 1. The fraction of sp³-hybridized carbons (Fsp3) is 0.538. The van der Waals surface area contributed by atoms with E-state index in [0.717, 1.165) is 11.3 Å². The lowest BCUT2D eigenvalue weighted by molar-refractivity contribution is 0.599. The van der Waals surface area contributed by atoms with Gasteiger partial charge < -0.3 is 10.2 Å². The van der Waals surface area contributed by atoms with Gasteiger partial charge in [0, 0.05) is 31.6 Å². The summed E-state index contributed by atoms with van der Waals surface area (Å²) in [5, 5.41) is 3.06. The van der Waals surface area contributed by atoms with Gasteiger partial charge >= 0.3 is 0 Å². The monoisotopic (exact) mass is 288 g/mol. The molecule has 1 unspecified atom stereocenters. The molecule has 1 aromatic rings. The molecule has 0 bridgehead atoms. The predicted octanol–water partition coefficient (Wildman–Crippen LogP) is 1.59. The van der Waals surface area contributed by atoms with E-state index in [1.165, 1.54) is 18.4 Å². The zero-order valence-electron chi connectivity index (χ0n) is 11.8. The lowest BCUT2D eigenvalue weighted by Gasteiger charge is -2.25. The minimum absolute atomic E-state index is 0.00798. The molecule has 0 amide bonds. The van der Waals surface area contributed by atoms with Gasteiger partial charge in [-0.1, -0.05) is 0 Å².